The average Bonchev–Trinajstić information content (AvgIpc) is 2.72. The SMILES string of the molecule is COc1ccc2c3c1O[C@@H]1C[C@H](O)C=CC31CC[N+](C)=C2.[Br-]. The molecule has 3 aliphatic rings. The summed E-state index contributed by atoms with van der Waals surface area (Å²) >= 11 is 0. The summed E-state index contributed by atoms with van der Waals surface area (Å²) in [6.07, 6.45) is 7.45. The van der Waals surface area contributed by atoms with Crippen LogP contribution in [-0.4, -0.2) is 48.8 Å². The number of rotatable bonds is 1. The molecule has 1 aliphatic carbocycles. The van der Waals surface area contributed by atoms with E-state index in [-0.39, 0.29) is 28.5 Å². The maximum atomic E-state index is 9.97. The number of benzene rings is 1. The highest BCUT2D eigenvalue weighted by Crippen LogP contribution is 2.54. The summed E-state index contributed by atoms with van der Waals surface area (Å²) in [5.74, 6) is 1.63. The van der Waals surface area contributed by atoms with Crippen LogP contribution in [0.25, 0.3) is 0 Å². The van der Waals surface area contributed by atoms with Gasteiger partial charge >= 0.3 is 0 Å². The molecule has 5 heteroatoms. The summed E-state index contributed by atoms with van der Waals surface area (Å²) in [7, 11) is 3.78. The molecule has 3 atom stereocenters. The molecular weight excluding hydrogens is 346 g/mol. The molecule has 0 saturated heterocycles. The highest BCUT2D eigenvalue weighted by molar-refractivity contribution is 5.83. The van der Waals surface area contributed by atoms with Gasteiger partial charge in [0.2, 0.25) is 0 Å². The standard InChI is InChI=1S/C17H20NO3.BrH/c1-18-8-7-17-6-5-12(19)9-14(17)21-16-13(20-2)4-3-11(10-18)15(16)17;/h3-6,10,12,14,19H,7-9H2,1-2H3;1H/q+1;/p-1/t12-,14-,17?;/m1./s1. The Morgan fingerprint density at radius 2 is 2.23 bits per heavy atom. The number of nitrogens with zero attached hydrogens (tertiary/aromatic N) is 1. The van der Waals surface area contributed by atoms with Crippen molar-refractivity contribution < 1.29 is 36.1 Å². The Bertz CT molecular complexity index is 670. The second-order valence-electron chi connectivity index (χ2n) is 6.23. The fourth-order valence-corrected chi connectivity index (χ4v) is 3.92. The molecule has 2 heterocycles. The fraction of sp³-hybridized carbons (Fsp3) is 0.471. The Hall–Kier alpha value is -1.33. The smallest absolute Gasteiger partial charge is 0.170 e. The van der Waals surface area contributed by atoms with E-state index in [0.29, 0.717) is 6.42 Å². The third kappa shape index (κ3) is 2.02. The van der Waals surface area contributed by atoms with E-state index < -0.39 is 6.10 Å². The molecule has 2 aliphatic heterocycles. The molecule has 118 valence electrons. The van der Waals surface area contributed by atoms with Gasteiger partial charge in [-0.25, -0.2) is 4.58 Å². The summed E-state index contributed by atoms with van der Waals surface area (Å²) in [6, 6.07) is 4.07. The molecule has 22 heavy (non-hydrogen) atoms. The van der Waals surface area contributed by atoms with Crippen LogP contribution in [0.1, 0.15) is 24.0 Å². The number of hydrogen-bond donors (Lipinski definition) is 1. The molecule has 4 rings (SSSR count). The lowest BCUT2D eigenvalue weighted by Crippen LogP contribution is -3.00. The normalized spacial score (nSPS) is 31.1. The Morgan fingerprint density at radius 1 is 1.41 bits per heavy atom. The number of ether oxygens (including phenoxy) is 2. The number of methoxy groups -OCH3 is 1. The van der Waals surface area contributed by atoms with Crippen molar-refractivity contribution >= 4 is 6.21 Å². The van der Waals surface area contributed by atoms with Crippen LogP contribution < -0.4 is 26.5 Å². The molecule has 0 radical (unpaired) electrons. The van der Waals surface area contributed by atoms with Gasteiger partial charge < -0.3 is 31.6 Å². The topological polar surface area (TPSA) is 41.7 Å². The minimum absolute atomic E-state index is 0. The molecule has 4 nitrogen and oxygen atoms in total. The second kappa shape index (κ2) is 5.39. The van der Waals surface area contributed by atoms with Crippen LogP contribution in [-0.2, 0) is 5.41 Å². The van der Waals surface area contributed by atoms with Crippen LogP contribution in [0.2, 0.25) is 0 Å². The van der Waals surface area contributed by atoms with E-state index in [2.05, 4.69) is 30.0 Å². The first kappa shape index (κ1) is 15.6. The quantitative estimate of drug-likeness (QED) is 0.485. The van der Waals surface area contributed by atoms with Gasteiger partial charge in [0, 0.05) is 24.0 Å². The molecule has 1 N–H and O–H groups in total. The van der Waals surface area contributed by atoms with Crippen LogP contribution in [0, 0.1) is 0 Å². The van der Waals surface area contributed by atoms with Gasteiger partial charge in [-0.2, -0.15) is 0 Å². The van der Waals surface area contributed by atoms with E-state index in [1.165, 1.54) is 11.1 Å². The van der Waals surface area contributed by atoms with Crippen LogP contribution in [0.4, 0.5) is 0 Å². The maximum absolute atomic E-state index is 9.97. The first-order valence-corrected chi connectivity index (χ1v) is 7.45. The largest absolute Gasteiger partial charge is 1.00 e. The summed E-state index contributed by atoms with van der Waals surface area (Å²) in [5, 5.41) is 9.97. The summed E-state index contributed by atoms with van der Waals surface area (Å²) < 4.78 is 13.9. The lowest BCUT2D eigenvalue weighted by atomic mass is 9.69. The molecule has 1 aromatic carbocycles. The number of hydrogen-bond acceptors (Lipinski definition) is 3. The van der Waals surface area contributed by atoms with Crippen LogP contribution >= 0.6 is 0 Å². The van der Waals surface area contributed by atoms with Crippen molar-refractivity contribution in [2.75, 3.05) is 20.7 Å². The second-order valence-corrected chi connectivity index (χ2v) is 6.23. The van der Waals surface area contributed by atoms with Crippen molar-refractivity contribution in [1.82, 2.24) is 0 Å². The van der Waals surface area contributed by atoms with Gasteiger partial charge in [-0.1, -0.05) is 12.2 Å². The lowest BCUT2D eigenvalue weighted by molar-refractivity contribution is -0.493. The maximum Gasteiger partial charge on any atom is 0.170 e. The zero-order chi connectivity index (χ0) is 14.6. The summed E-state index contributed by atoms with van der Waals surface area (Å²) in [5.41, 5.74) is 2.27. The molecule has 1 aromatic rings. The Balaban J connectivity index is 0.00000144. The van der Waals surface area contributed by atoms with Crippen LogP contribution in [0.15, 0.2) is 24.3 Å². The molecular formula is C17H20BrNO3. The lowest BCUT2D eigenvalue weighted by Gasteiger charge is -2.34. The third-order valence-electron chi connectivity index (χ3n) is 4.98. The van der Waals surface area contributed by atoms with Gasteiger partial charge in [0.1, 0.15) is 19.7 Å². The number of halogens is 1. The average molecular weight is 366 g/mol. The van der Waals surface area contributed by atoms with Gasteiger partial charge in [-0.15, -0.1) is 0 Å². The van der Waals surface area contributed by atoms with E-state index >= 15 is 0 Å². The van der Waals surface area contributed by atoms with E-state index in [4.69, 9.17) is 9.47 Å². The van der Waals surface area contributed by atoms with Crippen molar-refractivity contribution in [3.63, 3.8) is 0 Å². The zero-order valence-corrected chi connectivity index (χ0v) is 14.3. The van der Waals surface area contributed by atoms with Gasteiger partial charge in [0.05, 0.1) is 18.6 Å². The number of aliphatic hydroxyl groups is 1. The van der Waals surface area contributed by atoms with Gasteiger partial charge in [0.15, 0.2) is 17.7 Å². The molecule has 0 aromatic heterocycles. The van der Waals surface area contributed by atoms with Crippen molar-refractivity contribution in [2.45, 2.75) is 30.5 Å². The fourth-order valence-electron chi connectivity index (χ4n) is 3.92. The van der Waals surface area contributed by atoms with E-state index in [0.717, 1.165) is 24.5 Å². The number of aliphatic hydroxyl groups excluding tert-OH is 1. The molecule has 1 spiro atoms. The predicted molar refractivity (Wildman–Crippen MR) is 79.7 cm³/mol. The van der Waals surface area contributed by atoms with Crippen molar-refractivity contribution in [1.29, 1.82) is 0 Å². The molecule has 0 bridgehead atoms. The Morgan fingerprint density at radius 3 is 3.00 bits per heavy atom. The highest BCUT2D eigenvalue weighted by atomic mass is 79.9. The third-order valence-corrected chi connectivity index (χ3v) is 4.98. The van der Waals surface area contributed by atoms with Crippen LogP contribution in [0.3, 0.4) is 0 Å². The van der Waals surface area contributed by atoms with E-state index in [9.17, 15) is 5.11 Å². The summed E-state index contributed by atoms with van der Waals surface area (Å²) in [4.78, 5) is 0. The monoisotopic (exact) mass is 365 g/mol. The molecule has 0 amide bonds. The van der Waals surface area contributed by atoms with Crippen molar-refractivity contribution in [2.24, 2.45) is 0 Å². The van der Waals surface area contributed by atoms with Crippen LogP contribution in [0.5, 0.6) is 11.5 Å². The van der Waals surface area contributed by atoms with Gasteiger partial charge in [0.25, 0.3) is 0 Å². The minimum Gasteiger partial charge on any atom is -1.00 e. The molecule has 0 fully saturated rings. The van der Waals surface area contributed by atoms with Crippen molar-refractivity contribution in [3.8, 4) is 11.5 Å². The predicted octanol–water partition coefficient (Wildman–Crippen LogP) is -1.52. The summed E-state index contributed by atoms with van der Waals surface area (Å²) in [6.45, 7) is 0.969. The first-order chi connectivity index (χ1) is 10.1. The van der Waals surface area contributed by atoms with Crippen molar-refractivity contribution in [3.05, 3.63) is 35.4 Å². The minimum atomic E-state index is -0.422. The van der Waals surface area contributed by atoms with Gasteiger partial charge in [-0.3, -0.25) is 0 Å². The molecule has 1 unspecified atom stereocenters. The zero-order valence-electron chi connectivity index (χ0n) is 12.8. The molecule has 0 saturated carbocycles. The Labute approximate surface area is 140 Å². The highest BCUT2D eigenvalue weighted by Gasteiger charge is 2.53. The first-order valence-electron chi connectivity index (χ1n) is 7.45. The Kier molecular flexibility index (Phi) is 3.81. The van der Waals surface area contributed by atoms with E-state index in [1.807, 2.05) is 12.1 Å². The van der Waals surface area contributed by atoms with E-state index in [1.54, 1.807) is 7.11 Å². The van der Waals surface area contributed by atoms with Gasteiger partial charge in [-0.05, 0) is 12.1 Å².